The number of nitrogens with one attached hydrogen (secondary N) is 1. The molecule has 2 fully saturated rings. The van der Waals surface area contributed by atoms with Crippen molar-refractivity contribution in [1.82, 2.24) is 10.3 Å². The van der Waals surface area contributed by atoms with E-state index in [0.29, 0.717) is 0 Å². The lowest BCUT2D eigenvalue weighted by molar-refractivity contribution is 0.381. The molecule has 0 radical (unpaired) electrons. The second kappa shape index (κ2) is 5.64. The van der Waals surface area contributed by atoms with Crippen LogP contribution in [0.5, 0.6) is 0 Å². The molecule has 4 rings (SSSR count). The highest BCUT2D eigenvalue weighted by Crippen LogP contribution is 2.28. The molecule has 0 unspecified atom stereocenters. The Bertz CT molecular complexity index is 607. The van der Waals surface area contributed by atoms with E-state index in [1.165, 1.54) is 48.8 Å². The Morgan fingerprint density at radius 3 is 2.67 bits per heavy atom. The summed E-state index contributed by atoms with van der Waals surface area (Å²) in [5.41, 5.74) is 0. The molecule has 0 atom stereocenters. The third-order valence-corrected chi connectivity index (χ3v) is 4.84. The smallest absolute Gasteiger partial charge is 0.136 e. The minimum Gasteiger partial charge on any atom is -0.356 e. The first kappa shape index (κ1) is 13.1. The summed E-state index contributed by atoms with van der Waals surface area (Å²) in [6, 6.07) is 11.5. The molecule has 21 heavy (non-hydrogen) atoms. The fraction of sp³-hybridized carbons (Fsp3) is 0.500. The molecule has 1 N–H and O–H groups in total. The molecule has 1 aliphatic carbocycles. The molecule has 1 saturated carbocycles. The highest BCUT2D eigenvalue weighted by atomic mass is 15.2. The molecule has 2 aromatic rings. The molecular formula is C18H23N3. The molecule has 0 bridgehead atoms. The molecule has 2 heterocycles. The van der Waals surface area contributed by atoms with Gasteiger partial charge >= 0.3 is 0 Å². The predicted octanol–water partition coefficient (Wildman–Crippen LogP) is 3.20. The zero-order valence-corrected chi connectivity index (χ0v) is 12.5. The monoisotopic (exact) mass is 281 g/mol. The Morgan fingerprint density at radius 2 is 1.86 bits per heavy atom. The number of anilines is 1. The second-order valence-corrected chi connectivity index (χ2v) is 6.47. The van der Waals surface area contributed by atoms with E-state index >= 15 is 0 Å². The first-order valence-electron chi connectivity index (χ1n) is 8.22. The van der Waals surface area contributed by atoms with Crippen molar-refractivity contribution in [1.29, 1.82) is 0 Å². The van der Waals surface area contributed by atoms with Gasteiger partial charge < -0.3 is 10.2 Å². The van der Waals surface area contributed by atoms with Gasteiger partial charge in [-0.2, -0.15) is 0 Å². The third-order valence-electron chi connectivity index (χ3n) is 4.84. The van der Waals surface area contributed by atoms with E-state index in [4.69, 9.17) is 0 Å². The number of benzene rings is 1. The third kappa shape index (κ3) is 2.88. The summed E-state index contributed by atoms with van der Waals surface area (Å²) >= 11 is 0. The number of hydrogen-bond acceptors (Lipinski definition) is 3. The van der Waals surface area contributed by atoms with Crippen molar-refractivity contribution in [2.24, 2.45) is 5.92 Å². The largest absolute Gasteiger partial charge is 0.356 e. The molecule has 0 amide bonds. The van der Waals surface area contributed by atoms with Crippen molar-refractivity contribution < 1.29 is 0 Å². The molecule has 2 aliphatic rings. The molecule has 110 valence electrons. The maximum Gasteiger partial charge on any atom is 0.136 e. The lowest BCUT2D eigenvalue weighted by atomic mass is 9.96. The van der Waals surface area contributed by atoms with Crippen molar-refractivity contribution >= 4 is 16.6 Å². The predicted molar refractivity (Wildman–Crippen MR) is 87.7 cm³/mol. The van der Waals surface area contributed by atoms with Crippen molar-refractivity contribution in [3.05, 3.63) is 36.5 Å². The van der Waals surface area contributed by atoms with Crippen molar-refractivity contribution in [3.63, 3.8) is 0 Å². The number of pyridine rings is 1. The van der Waals surface area contributed by atoms with Crippen LogP contribution in [0.15, 0.2) is 36.5 Å². The van der Waals surface area contributed by atoms with Crippen LogP contribution in [0.3, 0.4) is 0 Å². The summed E-state index contributed by atoms with van der Waals surface area (Å²) in [7, 11) is 0. The number of piperidine rings is 1. The van der Waals surface area contributed by atoms with Crippen LogP contribution in [0.4, 0.5) is 5.82 Å². The number of nitrogens with zero attached hydrogens (tertiary/aromatic N) is 2. The maximum atomic E-state index is 4.65. The normalized spacial score (nSPS) is 20.1. The van der Waals surface area contributed by atoms with Gasteiger partial charge in [-0.25, -0.2) is 4.98 Å². The van der Waals surface area contributed by atoms with Gasteiger partial charge in [0.25, 0.3) is 0 Å². The van der Waals surface area contributed by atoms with Crippen LogP contribution in [-0.4, -0.2) is 30.7 Å². The van der Waals surface area contributed by atoms with Gasteiger partial charge in [0.2, 0.25) is 0 Å². The van der Waals surface area contributed by atoms with Gasteiger partial charge in [-0.1, -0.05) is 24.3 Å². The zero-order chi connectivity index (χ0) is 14.1. The Morgan fingerprint density at radius 1 is 1.05 bits per heavy atom. The fourth-order valence-electron chi connectivity index (χ4n) is 3.33. The minimum absolute atomic E-state index is 0.836. The van der Waals surface area contributed by atoms with Gasteiger partial charge in [0.15, 0.2) is 0 Å². The molecule has 1 aromatic heterocycles. The average Bonchev–Trinajstić information content (AvgIpc) is 3.37. The zero-order valence-electron chi connectivity index (χ0n) is 12.5. The summed E-state index contributed by atoms with van der Waals surface area (Å²) in [4.78, 5) is 7.12. The van der Waals surface area contributed by atoms with Crippen LogP contribution >= 0.6 is 0 Å². The standard InChI is InChI=1S/C18H23N3/c1-2-4-17-15(3-1)7-10-19-18(17)21-11-8-14(9-12-21)13-20-16-5-6-16/h1-4,7,10,14,16,20H,5-6,8-9,11-13H2. The SMILES string of the molecule is c1ccc2c(N3CCC(CNC4CC4)CC3)nccc2c1. The molecule has 3 heteroatoms. The van der Waals surface area contributed by atoms with Crippen molar-refractivity contribution in [2.45, 2.75) is 31.7 Å². The van der Waals surface area contributed by atoms with E-state index in [1.54, 1.807) is 0 Å². The Balaban J connectivity index is 1.44. The highest BCUT2D eigenvalue weighted by molar-refractivity contribution is 5.92. The topological polar surface area (TPSA) is 28.2 Å². The summed E-state index contributed by atoms with van der Waals surface area (Å²) in [6.07, 6.45) is 7.28. The molecule has 3 nitrogen and oxygen atoms in total. The van der Waals surface area contributed by atoms with Crippen molar-refractivity contribution in [2.75, 3.05) is 24.5 Å². The first-order chi connectivity index (χ1) is 10.4. The summed E-state index contributed by atoms with van der Waals surface area (Å²) < 4.78 is 0. The molecular weight excluding hydrogens is 258 g/mol. The Kier molecular flexibility index (Phi) is 3.52. The minimum atomic E-state index is 0.836. The van der Waals surface area contributed by atoms with Gasteiger partial charge in [0.05, 0.1) is 0 Å². The van der Waals surface area contributed by atoms with Crippen LogP contribution < -0.4 is 10.2 Å². The lowest BCUT2D eigenvalue weighted by Gasteiger charge is -2.33. The second-order valence-electron chi connectivity index (χ2n) is 6.47. The van der Waals surface area contributed by atoms with E-state index in [0.717, 1.165) is 25.0 Å². The summed E-state index contributed by atoms with van der Waals surface area (Å²) in [5.74, 6) is 2.01. The lowest BCUT2D eigenvalue weighted by Crippen LogP contribution is -2.38. The van der Waals surface area contributed by atoms with E-state index in [2.05, 4.69) is 45.5 Å². The molecule has 1 aliphatic heterocycles. The Labute approximate surface area is 126 Å². The number of hydrogen-bond donors (Lipinski definition) is 1. The van der Waals surface area contributed by atoms with E-state index in [1.807, 2.05) is 6.20 Å². The van der Waals surface area contributed by atoms with E-state index < -0.39 is 0 Å². The molecule has 1 saturated heterocycles. The van der Waals surface area contributed by atoms with E-state index in [-0.39, 0.29) is 0 Å². The highest BCUT2D eigenvalue weighted by Gasteiger charge is 2.25. The maximum absolute atomic E-state index is 4.65. The van der Waals surface area contributed by atoms with Crippen LogP contribution in [-0.2, 0) is 0 Å². The van der Waals surface area contributed by atoms with Gasteiger partial charge in [-0.15, -0.1) is 0 Å². The quantitative estimate of drug-likeness (QED) is 0.933. The van der Waals surface area contributed by atoms with Gasteiger partial charge in [0.1, 0.15) is 5.82 Å². The Hall–Kier alpha value is -1.61. The van der Waals surface area contributed by atoms with Crippen LogP contribution in [0.25, 0.3) is 10.8 Å². The molecule has 1 aromatic carbocycles. The van der Waals surface area contributed by atoms with Crippen LogP contribution in [0.1, 0.15) is 25.7 Å². The van der Waals surface area contributed by atoms with Crippen LogP contribution in [0, 0.1) is 5.92 Å². The first-order valence-corrected chi connectivity index (χ1v) is 8.22. The number of aromatic nitrogens is 1. The average molecular weight is 281 g/mol. The van der Waals surface area contributed by atoms with Gasteiger partial charge in [-0.05, 0) is 49.6 Å². The van der Waals surface area contributed by atoms with Crippen molar-refractivity contribution in [3.8, 4) is 0 Å². The van der Waals surface area contributed by atoms with Crippen LogP contribution in [0.2, 0.25) is 0 Å². The number of fused-ring (bicyclic) bond motifs is 1. The van der Waals surface area contributed by atoms with Gasteiger partial charge in [0, 0.05) is 30.7 Å². The summed E-state index contributed by atoms with van der Waals surface area (Å²) in [6.45, 7) is 3.48. The fourth-order valence-corrected chi connectivity index (χ4v) is 3.33. The summed E-state index contributed by atoms with van der Waals surface area (Å²) in [5, 5.41) is 6.25. The number of rotatable bonds is 4. The van der Waals surface area contributed by atoms with E-state index in [9.17, 15) is 0 Å². The molecule has 0 spiro atoms. The van der Waals surface area contributed by atoms with Gasteiger partial charge in [-0.3, -0.25) is 0 Å².